The first-order chi connectivity index (χ1) is 17.2. The second-order valence-electron chi connectivity index (χ2n) is 8.68. The Morgan fingerprint density at radius 1 is 1.19 bits per heavy atom. The Labute approximate surface area is 216 Å². The lowest BCUT2D eigenvalue weighted by molar-refractivity contribution is -0.115. The van der Waals surface area contributed by atoms with Crippen LogP contribution in [0.5, 0.6) is 0 Å². The maximum absolute atomic E-state index is 14.3. The topological polar surface area (TPSA) is 115 Å². The number of benzene rings is 1. The number of fused-ring (bicyclic) bond motifs is 1. The van der Waals surface area contributed by atoms with Crippen molar-refractivity contribution in [3.8, 4) is 0 Å². The van der Waals surface area contributed by atoms with Gasteiger partial charge in [-0.05, 0) is 56.2 Å². The molecule has 1 fully saturated rings. The molecule has 1 N–H and O–H groups in total. The first-order valence-corrected chi connectivity index (χ1v) is 13.6. The normalized spacial score (nSPS) is 24.1. The van der Waals surface area contributed by atoms with Crippen molar-refractivity contribution in [2.75, 3.05) is 17.9 Å². The monoisotopic (exact) mass is 575 g/mol. The fourth-order valence-electron chi connectivity index (χ4n) is 4.23. The number of hydrogen-bond acceptors (Lipinski definition) is 8. The smallest absolute Gasteiger partial charge is 0.264 e. The van der Waals surface area contributed by atoms with Crippen molar-refractivity contribution in [2.45, 2.75) is 42.5 Å². The van der Waals surface area contributed by atoms with Gasteiger partial charge in [0.1, 0.15) is 23.1 Å². The number of anilines is 1. The van der Waals surface area contributed by atoms with E-state index in [1.54, 1.807) is 18.3 Å². The summed E-state index contributed by atoms with van der Waals surface area (Å²) in [5.41, 5.74) is 1.10. The van der Waals surface area contributed by atoms with Gasteiger partial charge in [0.25, 0.3) is 10.0 Å². The summed E-state index contributed by atoms with van der Waals surface area (Å²) in [5.74, 6) is -0.867. The van der Waals surface area contributed by atoms with Gasteiger partial charge in [0, 0.05) is 29.4 Å². The zero-order valence-electron chi connectivity index (χ0n) is 19.3. The molecule has 0 bridgehead atoms. The van der Waals surface area contributed by atoms with Crippen molar-refractivity contribution in [1.82, 2.24) is 4.98 Å². The molecule has 2 atom stereocenters. The molecule has 1 saturated heterocycles. The lowest BCUT2D eigenvalue weighted by atomic mass is 9.95. The minimum Gasteiger partial charge on any atom is -0.381 e. The van der Waals surface area contributed by atoms with Crippen molar-refractivity contribution >= 4 is 49.4 Å². The van der Waals surface area contributed by atoms with Gasteiger partial charge < -0.3 is 9.47 Å². The molecular formula is C24H23BrFN5O4S. The van der Waals surface area contributed by atoms with Crippen molar-refractivity contribution in [1.29, 1.82) is 0 Å². The number of nitrogens with zero attached hydrogens (tertiary/aromatic N) is 4. The summed E-state index contributed by atoms with van der Waals surface area (Å²) in [5, 5.41) is 0. The van der Waals surface area contributed by atoms with E-state index in [1.807, 2.05) is 13.0 Å². The molecule has 4 heterocycles. The molecule has 3 aliphatic rings. The summed E-state index contributed by atoms with van der Waals surface area (Å²) in [6.45, 7) is 3.17. The van der Waals surface area contributed by atoms with E-state index < -0.39 is 32.5 Å². The zero-order chi connectivity index (χ0) is 25.3. The Hall–Kier alpha value is -2.80. The molecule has 5 rings (SSSR count). The molecule has 12 heteroatoms. The summed E-state index contributed by atoms with van der Waals surface area (Å²) in [6, 6.07) is 4.85. The Bertz CT molecular complexity index is 1400. The number of hydrogen-bond donors (Lipinski definition) is 1. The van der Waals surface area contributed by atoms with E-state index >= 15 is 0 Å². The number of pyridine rings is 1. The third-order valence-electron chi connectivity index (χ3n) is 6.03. The highest BCUT2D eigenvalue weighted by Gasteiger charge is 2.42. The van der Waals surface area contributed by atoms with Crippen LogP contribution in [0.2, 0.25) is 0 Å². The van der Waals surface area contributed by atoms with Crippen LogP contribution in [0.4, 0.5) is 10.1 Å². The first kappa shape index (κ1) is 24.9. The van der Waals surface area contributed by atoms with Gasteiger partial charge in [-0.3, -0.25) is 14.7 Å². The van der Waals surface area contributed by atoms with Gasteiger partial charge in [-0.15, -0.1) is 0 Å². The summed E-state index contributed by atoms with van der Waals surface area (Å²) >= 11 is 3.13. The predicted molar refractivity (Wildman–Crippen MR) is 138 cm³/mol. The summed E-state index contributed by atoms with van der Waals surface area (Å²) < 4.78 is 54.5. The van der Waals surface area contributed by atoms with Crippen LogP contribution >= 0.6 is 15.9 Å². The predicted octanol–water partition coefficient (Wildman–Crippen LogP) is 3.91. The fourth-order valence-corrected chi connectivity index (χ4v) is 5.66. The van der Waals surface area contributed by atoms with Crippen molar-refractivity contribution in [3.05, 3.63) is 64.7 Å². The van der Waals surface area contributed by atoms with E-state index in [0.717, 1.165) is 24.6 Å². The highest BCUT2D eigenvalue weighted by molar-refractivity contribution is 9.10. The SMILES string of the molecule is CC1(OC2CCOCC2)N=CN=C2C=CC(c3cncc(NS(=O)(=O)c4ccc(Br)cc4F)c3)=NC21. The van der Waals surface area contributed by atoms with E-state index in [2.05, 4.69) is 35.6 Å². The van der Waals surface area contributed by atoms with Gasteiger partial charge in [0.05, 0.1) is 29.4 Å². The largest absolute Gasteiger partial charge is 0.381 e. The summed E-state index contributed by atoms with van der Waals surface area (Å²) in [6.07, 6.45) is 9.61. The van der Waals surface area contributed by atoms with Gasteiger partial charge in [0.2, 0.25) is 0 Å². The minimum atomic E-state index is -4.17. The summed E-state index contributed by atoms with van der Waals surface area (Å²) in [4.78, 5) is 17.4. The highest BCUT2D eigenvalue weighted by atomic mass is 79.9. The van der Waals surface area contributed by atoms with Gasteiger partial charge in [-0.1, -0.05) is 15.9 Å². The van der Waals surface area contributed by atoms with E-state index in [0.29, 0.717) is 29.0 Å². The van der Waals surface area contributed by atoms with Crippen molar-refractivity contribution in [2.24, 2.45) is 15.0 Å². The Balaban J connectivity index is 1.40. The second-order valence-corrected chi connectivity index (χ2v) is 11.2. The molecule has 3 aliphatic heterocycles. The van der Waals surface area contributed by atoms with E-state index in [-0.39, 0.29) is 11.8 Å². The molecule has 36 heavy (non-hydrogen) atoms. The molecule has 188 valence electrons. The quantitative estimate of drug-likeness (QED) is 0.560. The number of dihydropyridines is 1. The molecular weight excluding hydrogens is 553 g/mol. The lowest BCUT2D eigenvalue weighted by Gasteiger charge is -2.38. The van der Waals surface area contributed by atoms with Crippen LogP contribution in [0.15, 0.2) is 73.2 Å². The molecule has 0 aliphatic carbocycles. The molecule has 1 aromatic heterocycles. The fraction of sp³-hybridized carbons (Fsp3) is 0.333. The molecule has 0 saturated carbocycles. The zero-order valence-corrected chi connectivity index (χ0v) is 21.7. The van der Waals surface area contributed by atoms with Crippen LogP contribution in [-0.2, 0) is 19.5 Å². The number of halogens is 2. The summed E-state index contributed by atoms with van der Waals surface area (Å²) in [7, 11) is -4.17. The Morgan fingerprint density at radius 2 is 2.00 bits per heavy atom. The number of sulfonamides is 1. The van der Waals surface area contributed by atoms with Crippen LogP contribution in [0.25, 0.3) is 0 Å². The van der Waals surface area contributed by atoms with Crippen LogP contribution in [0, 0.1) is 5.82 Å². The Kier molecular flexibility index (Phi) is 6.86. The number of aromatic nitrogens is 1. The number of rotatable bonds is 6. The molecule has 1 aromatic carbocycles. The molecule has 9 nitrogen and oxygen atoms in total. The van der Waals surface area contributed by atoms with E-state index in [1.165, 1.54) is 24.7 Å². The van der Waals surface area contributed by atoms with E-state index in [9.17, 15) is 12.8 Å². The molecule has 0 spiro atoms. The minimum absolute atomic E-state index is 0.00297. The molecule has 0 radical (unpaired) electrons. The Morgan fingerprint density at radius 3 is 2.78 bits per heavy atom. The molecule has 2 unspecified atom stereocenters. The molecule has 0 amide bonds. The van der Waals surface area contributed by atoms with Gasteiger partial charge in [0.15, 0.2) is 5.72 Å². The third-order valence-corrected chi connectivity index (χ3v) is 7.94. The lowest BCUT2D eigenvalue weighted by Crippen LogP contribution is -2.50. The average Bonchev–Trinajstić information content (AvgIpc) is 2.84. The van der Waals surface area contributed by atoms with Crippen LogP contribution in [-0.4, -0.2) is 62.2 Å². The molecule has 2 aromatic rings. The number of allylic oxidation sites excluding steroid dienone is 1. The van der Waals surface area contributed by atoms with Crippen molar-refractivity contribution in [3.63, 3.8) is 0 Å². The third kappa shape index (κ3) is 5.17. The van der Waals surface area contributed by atoms with Crippen LogP contribution in [0.3, 0.4) is 0 Å². The van der Waals surface area contributed by atoms with Crippen LogP contribution in [0.1, 0.15) is 25.3 Å². The number of aliphatic imine (C=N–C) groups is 3. The van der Waals surface area contributed by atoms with E-state index in [4.69, 9.17) is 14.5 Å². The second kappa shape index (κ2) is 9.92. The number of nitrogens with one attached hydrogen (secondary N) is 1. The van der Waals surface area contributed by atoms with Gasteiger partial charge in [-0.2, -0.15) is 0 Å². The van der Waals surface area contributed by atoms with Gasteiger partial charge >= 0.3 is 0 Å². The number of ether oxygens (including phenoxy) is 2. The maximum atomic E-state index is 14.3. The first-order valence-electron chi connectivity index (χ1n) is 11.3. The highest BCUT2D eigenvalue weighted by Crippen LogP contribution is 2.31. The average molecular weight is 576 g/mol. The maximum Gasteiger partial charge on any atom is 0.264 e. The standard InChI is InChI=1S/C24H23BrFN5O4S/c1-24(35-18-6-8-34-9-7-18)23-21(28-14-29-24)4-3-20(30-23)15-10-17(13-27-12-15)31-36(32,33)22-5-2-16(25)11-19(22)26/h2-5,10-14,18,23,31H,6-9H2,1H3. The van der Waals surface area contributed by atoms with Crippen molar-refractivity contribution < 1.29 is 22.3 Å². The van der Waals surface area contributed by atoms with Crippen LogP contribution < -0.4 is 4.72 Å². The van der Waals surface area contributed by atoms with Gasteiger partial charge in [-0.25, -0.2) is 22.8 Å².